The van der Waals surface area contributed by atoms with Gasteiger partial charge in [0, 0.05) is 116 Å². The zero-order valence-corrected chi connectivity index (χ0v) is 51.0. The Morgan fingerprint density at radius 1 is 0.228 bits per heavy atom. The third-order valence-electron chi connectivity index (χ3n) is 18.5. The summed E-state index contributed by atoms with van der Waals surface area (Å²) >= 11 is 3.72. The fourth-order valence-electron chi connectivity index (χ4n) is 14.4. The Kier molecular flexibility index (Phi) is 12.0. The van der Waals surface area contributed by atoms with Gasteiger partial charge < -0.3 is 8.83 Å². The SMILES string of the molecule is c1ccc(-c2c3c(cc4c(-c5ccc(-c6ccc7c(c6)sc6ccccc67)cc5)nc5ccccc5c24)oc2ccccc23)cc1.c1ccc(-c2c3c(cc4c(-c5ccc(-c6cccc7c6sc6ccccc67)cc5)nc5ccccc5c24)oc2ccccc23)cc1. The van der Waals surface area contributed by atoms with Crippen molar-refractivity contribution < 1.29 is 8.83 Å². The van der Waals surface area contributed by atoms with Crippen LogP contribution in [0.15, 0.2) is 312 Å². The van der Waals surface area contributed by atoms with Crippen LogP contribution >= 0.6 is 22.7 Å². The van der Waals surface area contributed by atoms with Gasteiger partial charge in [-0.2, -0.15) is 0 Å². The molecule has 4 nitrogen and oxygen atoms in total. The number of nitrogens with zero attached hydrogens (tertiary/aromatic N) is 2. The summed E-state index contributed by atoms with van der Waals surface area (Å²) in [6, 6.07) is 108. The van der Waals surface area contributed by atoms with Gasteiger partial charge in [0.1, 0.15) is 22.3 Å². The molecule has 0 atom stereocenters. The van der Waals surface area contributed by atoms with Gasteiger partial charge in [-0.15, -0.1) is 22.7 Å². The Morgan fingerprint density at radius 3 is 1.20 bits per heavy atom. The molecule has 14 aromatic carbocycles. The molecule has 0 unspecified atom stereocenters. The Bertz CT molecular complexity index is 6360. The number of thiophene rings is 2. The predicted molar refractivity (Wildman–Crippen MR) is 391 cm³/mol. The van der Waals surface area contributed by atoms with Crippen LogP contribution < -0.4 is 0 Å². The summed E-state index contributed by atoms with van der Waals surface area (Å²) in [6.45, 7) is 0. The van der Waals surface area contributed by atoms with Crippen molar-refractivity contribution in [1.82, 2.24) is 9.97 Å². The third-order valence-corrected chi connectivity index (χ3v) is 20.9. The lowest BCUT2D eigenvalue weighted by Gasteiger charge is -2.16. The maximum Gasteiger partial charge on any atom is 0.136 e. The van der Waals surface area contributed by atoms with Crippen molar-refractivity contribution in [3.8, 4) is 67.0 Å². The van der Waals surface area contributed by atoms with Crippen LogP contribution in [-0.4, -0.2) is 9.97 Å². The molecule has 0 saturated carbocycles. The third kappa shape index (κ3) is 8.35. The summed E-state index contributed by atoms with van der Waals surface area (Å²) < 4.78 is 18.4. The quantitative estimate of drug-likeness (QED) is 0.156. The van der Waals surface area contributed by atoms with Crippen molar-refractivity contribution in [2.45, 2.75) is 0 Å². The van der Waals surface area contributed by atoms with E-state index in [4.69, 9.17) is 18.8 Å². The topological polar surface area (TPSA) is 52.1 Å². The number of fused-ring (bicyclic) bond motifs is 18. The molecule has 0 fully saturated rings. The Morgan fingerprint density at radius 2 is 0.641 bits per heavy atom. The van der Waals surface area contributed by atoms with E-state index in [9.17, 15) is 0 Å². The van der Waals surface area contributed by atoms with E-state index >= 15 is 0 Å². The molecular formula is C86H50N2O2S2. The lowest BCUT2D eigenvalue weighted by atomic mass is 9.89. The molecule has 6 heterocycles. The monoisotopic (exact) mass is 1210 g/mol. The maximum atomic E-state index is 6.54. The van der Waals surface area contributed by atoms with Gasteiger partial charge in [0.15, 0.2) is 0 Å². The summed E-state index contributed by atoms with van der Waals surface area (Å²) in [4.78, 5) is 10.6. The maximum absolute atomic E-state index is 6.54. The number of pyridine rings is 2. The minimum absolute atomic E-state index is 0.874. The van der Waals surface area contributed by atoms with E-state index < -0.39 is 0 Å². The summed E-state index contributed by atoms with van der Waals surface area (Å²) in [5, 5.41) is 16.7. The van der Waals surface area contributed by atoms with Crippen molar-refractivity contribution in [1.29, 1.82) is 0 Å². The number of para-hydroxylation sites is 4. The smallest absolute Gasteiger partial charge is 0.136 e. The Labute approximate surface area is 535 Å². The molecule has 20 rings (SSSR count). The zero-order chi connectivity index (χ0) is 60.4. The van der Waals surface area contributed by atoms with E-state index in [1.165, 1.54) is 95.6 Å². The molecule has 0 aliphatic heterocycles. The van der Waals surface area contributed by atoms with Crippen LogP contribution in [0.4, 0.5) is 0 Å². The van der Waals surface area contributed by atoms with Crippen LogP contribution in [0.5, 0.6) is 0 Å². The van der Waals surface area contributed by atoms with E-state index in [0.29, 0.717) is 0 Å². The Balaban J connectivity index is 0.000000132. The molecule has 0 aliphatic carbocycles. The van der Waals surface area contributed by atoms with Crippen LogP contribution in [0.3, 0.4) is 0 Å². The molecule has 0 spiro atoms. The number of benzene rings is 14. The van der Waals surface area contributed by atoms with Gasteiger partial charge >= 0.3 is 0 Å². The number of hydrogen-bond donors (Lipinski definition) is 0. The molecule has 0 N–H and O–H groups in total. The van der Waals surface area contributed by atoms with Gasteiger partial charge in [-0.3, -0.25) is 0 Å². The van der Waals surface area contributed by atoms with Crippen LogP contribution in [0, 0.1) is 0 Å². The van der Waals surface area contributed by atoms with E-state index in [-0.39, 0.29) is 0 Å². The normalized spacial score (nSPS) is 11.9. The van der Waals surface area contributed by atoms with Gasteiger partial charge in [-0.05, 0) is 88.0 Å². The lowest BCUT2D eigenvalue weighted by Crippen LogP contribution is -1.93. The predicted octanol–water partition coefficient (Wildman–Crippen LogP) is 25.3. The van der Waals surface area contributed by atoms with Gasteiger partial charge in [0.25, 0.3) is 0 Å². The lowest BCUT2D eigenvalue weighted by molar-refractivity contribution is 0.669. The van der Waals surface area contributed by atoms with E-state index in [1.807, 2.05) is 34.8 Å². The van der Waals surface area contributed by atoms with Crippen LogP contribution in [-0.2, 0) is 0 Å². The van der Waals surface area contributed by atoms with Crippen molar-refractivity contribution in [3.63, 3.8) is 0 Å². The second-order valence-corrected chi connectivity index (χ2v) is 25.9. The summed E-state index contributed by atoms with van der Waals surface area (Å²) in [5.74, 6) is 0. The highest BCUT2D eigenvalue weighted by atomic mass is 32.1. The first-order valence-electron chi connectivity index (χ1n) is 31.1. The van der Waals surface area contributed by atoms with E-state index in [2.05, 4.69) is 291 Å². The molecule has 0 radical (unpaired) electrons. The van der Waals surface area contributed by atoms with Gasteiger partial charge in [-0.25, -0.2) is 9.97 Å². The van der Waals surface area contributed by atoms with Crippen LogP contribution in [0.25, 0.3) is 195 Å². The van der Waals surface area contributed by atoms with Crippen molar-refractivity contribution in [2.75, 3.05) is 0 Å². The molecule has 428 valence electrons. The molecule has 20 aromatic rings. The first kappa shape index (κ1) is 52.4. The molecule has 0 bridgehead atoms. The van der Waals surface area contributed by atoms with E-state index in [0.717, 1.165) is 99.0 Å². The second kappa shape index (κ2) is 21.0. The highest BCUT2D eigenvalue weighted by molar-refractivity contribution is 7.26. The van der Waals surface area contributed by atoms with Crippen molar-refractivity contribution in [3.05, 3.63) is 303 Å². The van der Waals surface area contributed by atoms with Gasteiger partial charge in [0.05, 0.1) is 22.4 Å². The Hall–Kier alpha value is -11.5. The fourth-order valence-corrected chi connectivity index (χ4v) is 16.8. The molecule has 0 aliphatic rings. The number of rotatable bonds is 6. The van der Waals surface area contributed by atoms with Crippen molar-refractivity contribution in [2.24, 2.45) is 0 Å². The molecule has 92 heavy (non-hydrogen) atoms. The highest BCUT2D eigenvalue weighted by Crippen LogP contribution is 2.49. The summed E-state index contributed by atoms with van der Waals surface area (Å²) in [7, 11) is 0. The standard InChI is InChI=1S/2C43H25NOS/c1-2-11-27(12-3-1)39-40-32-14-4-7-18-35(32)44-42(34(40)25-37-41(39)33-15-5-8-19-36(33)45-37)28-23-21-26(22-24-28)29-16-10-17-31-30-13-6-9-20-38(30)46-43(29)31;1-2-10-27(11-3-1)40-41-32-13-4-7-15-35(32)44-43(34(41)25-37-42(40)33-14-5-8-16-36(33)45-37)28-20-18-26(19-21-28)29-22-23-31-30-12-6-9-17-38(30)46-39(31)24-29/h2*1-25H. The molecule has 6 aromatic heterocycles. The van der Waals surface area contributed by atoms with Gasteiger partial charge in [-0.1, -0.05) is 249 Å². The number of hydrogen-bond acceptors (Lipinski definition) is 6. The van der Waals surface area contributed by atoms with E-state index in [1.54, 1.807) is 0 Å². The average molecular weight is 1210 g/mol. The highest BCUT2D eigenvalue weighted by Gasteiger charge is 2.24. The first-order valence-corrected chi connectivity index (χ1v) is 32.7. The fraction of sp³-hybridized carbons (Fsp3) is 0. The number of furan rings is 2. The second-order valence-electron chi connectivity index (χ2n) is 23.7. The minimum atomic E-state index is 0.874. The average Bonchev–Trinajstić information content (AvgIpc) is 1.39. The van der Waals surface area contributed by atoms with Gasteiger partial charge in [0.2, 0.25) is 0 Å². The minimum Gasteiger partial charge on any atom is -0.456 e. The summed E-state index contributed by atoms with van der Waals surface area (Å²) in [6.07, 6.45) is 0. The largest absolute Gasteiger partial charge is 0.456 e. The number of aromatic nitrogens is 2. The molecular weight excluding hydrogens is 1160 g/mol. The molecule has 0 saturated heterocycles. The van der Waals surface area contributed by atoms with Crippen molar-refractivity contribution >= 4 is 150 Å². The first-order chi connectivity index (χ1) is 45.6. The van der Waals surface area contributed by atoms with Crippen LogP contribution in [0.2, 0.25) is 0 Å². The molecule has 6 heteroatoms. The van der Waals surface area contributed by atoms with Crippen LogP contribution in [0.1, 0.15) is 0 Å². The zero-order valence-electron chi connectivity index (χ0n) is 49.4. The molecule has 0 amide bonds. The summed E-state index contributed by atoms with van der Waals surface area (Å²) in [5.41, 5.74) is 19.2.